The third kappa shape index (κ3) is 8.28. The van der Waals surface area contributed by atoms with Crippen LogP contribution in [0, 0.1) is 17.7 Å². The van der Waals surface area contributed by atoms with Crippen LogP contribution in [-0.2, 0) is 15.1 Å². The largest absolute Gasteiger partial charge is 0.369 e. The van der Waals surface area contributed by atoms with Crippen LogP contribution in [-0.4, -0.2) is 65.8 Å². The van der Waals surface area contributed by atoms with E-state index in [9.17, 15) is 14.0 Å². The normalized spacial score (nSPS) is 25.9. The molecule has 2 heterocycles. The van der Waals surface area contributed by atoms with E-state index in [0.717, 1.165) is 54.8 Å². The van der Waals surface area contributed by atoms with Crippen LogP contribution in [0.1, 0.15) is 88.2 Å². The number of nitrogens with zero attached hydrogens (tertiary/aromatic N) is 4. The number of hydrogen-bond donors (Lipinski definition) is 3. The molecule has 2 fully saturated rings. The van der Waals surface area contributed by atoms with Gasteiger partial charge in [0, 0.05) is 26.7 Å². The highest BCUT2D eigenvalue weighted by Gasteiger charge is 2.50. The van der Waals surface area contributed by atoms with E-state index in [1.54, 1.807) is 25.1 Å². The number of likely N-dealkylation sites (N-methyl/N-ethyl adjacent to an activating group) is 2. The van der Waals surface area contributed by atoms with E-state index >= 15 is 0 Å². The zero-order chi connectivity index (χ0) is 38.3. The second-order valence-electron chi connectivity index (χ2n) is 15.5. The number of nitrogens with two attached hydrogens (primary N) is 2. The number of rotatable bonds is 11. The molecule has 3 aromatic rings. The highest BCUT2D eigenvalue weighted by Crippen LogP contribution is 2.42. The number of carbonyl (C=O) groups is 2. The van der Waals surface area contributed by atoms with Crippen LogP contribution in [0.2, 0.25) is 0 Å². The molecule has 9 nitrogen and oxygen atoms in total. The predicted octanol–water partition coefficient (Wildman–Crippen LogP) is 7.12. The van der Waals surface area contributed by atoms with E-state index in [-0.39, 0.29) is 23.6 Å². The zero-order valence-electron chi connectivity index (χ0n) is 31.9. The van der Waals surface area contributed by atoms with Gasteiger partial charge in [-0.25, -0.2) is 14.4 Å². The highest BCUT2D eigenvalue weighted by atomic mass is 19.1. The minimum atomic E-state index is -1.25. The third-order valence-corrected chi connectivity index (χ3v) is 11.9. The number of guanidine groups is 2. The molecule has 286 valence electrons. The van der Waals surface area contributed by atoms with Gasteiger partial charge in [-0.3, -0.25) is 19.4 Å². The molecule has 1 unspecified atom stereocenters. The minimum Gasteiger partial charge on any atom is -0.369 e. The van der Waals surface area contributed by atoms with Crippen LogP contribution < -0.4 is 16.8 Å². The molecule has 4 aliphatic rings. The lowest BCUT2D eigenvalue weighted by Gasteiger charge is -2.35. The number of amides is 2. The van der Waals surface area contributed by atoms with Crippen LogP contribution in [0.3, 0.4) is 0 Å². The molecule has 0 aromatic heterocycles. The molecule has 0 spiro atoms. The van der Waals surface area contributed by atoms with Crippen molar-refractivity contribution in [2.45, 2.75) is 94.2 Å². The van der Waals surface area contributed by atoms with E-state index in [0.29, 0.717) is 23.5 Å². The summed E-state index contributed by atoms with van der Waals surface area (Å²) >= 11 is 0. The molecule has 2 aliphatic heterocycles. The summed E-state index contributed by atoms with van der Waals surface area (Å²) in [5.74, 6) is 1.47. The Balaban J connectivity index is 0.000000184. The van der Waals surface area contributed by atoms with Crippen LogP contribution in [0.4, 0.5) is 4.39 Å². The van der Waals surface area contributed by atoms with Crippen molar-refractivity contribution in [2.75, 3.05) is 20.6 Å². The summed E-state index contributed by atoms with van der Waals surface area (Å²) < 4.78 is 13.7. The number of halogens is 1. The average Bonchev–Trinajstić information content (AvgIpc) is 3.56. The summed E-state index contributed by atoms with van der Waals surface area (Å²) in [6.07, 6.45) is 16.2. The van der Waals surface area contributed by atoms with Crippen molar-refractivity contribution in [1.82, 2.24) is 15.1 Å². The monoisotopic (exact) mass is 733 g/mol. The second kappa shape index (κ2) is 17.1. The van der Waals surface area contributed by atoms with Crippen molar-refractivity contribution in [3.63, 3.8) is 0 Å². The van der Waals surface area contributed by atoms with E-state index < -0.39 is 11.1 Å². The average molecular weight is 734 g/mol. The molecule has 7 rings (SSSR count). The Morgan fingerprint density at radius 2 is 1.44 bits per heavy atom. The quantitative estimate of drug-likeness (QED) is 0.181. The van der Waals surface area contributed by atoms with Gasteiger partial charge in [-0.2, -0.15) is 0 Å². The van der Waals surface area contributed by atoms with E-state index in [2.05, 4.69) is 16.9 Å². The first-order valence-electron chi connectivity index (χ1n) is 19.6. The topological polar surface area (TPSA) is 129 Å². The van der Waals surface area contributed by atoms with Gasteiger partial charge in [0.1, 0.15) is 11.4 Å². The van der Waals surface area contributed by atoms with Gasteiger partial charge in [0.2, 0.25) is 0 Å². The maximum absolute atomic E-state index is 13.7. The van der Waals surface area contributed by atoms with Crippen molar-refractivity contribution >= 4 is 23.7 Å². The standard InChI is InChI=1S/C22H18FN3O.C22H38N4O/c1-26-20(27)22(25-21(26)24,17-9-3-2-4-10-17)18-11-5-7-15(13-18)16-8-6-12-19(23)14-16;1-3-14-24-19-11-7-10-18(15-19)16-22(20(27)26(2)21(23)25-22)13-12-17-8-5-4-6-9-17/h2-14H,1H3,(H2,24,25);3,17-19,24H,1,4-16H2,2H3,(H2,23,25)/t;18-,19+,22+/m.0/s1. The van der Waals surface area contributed by atoms with E-state index in [1.807, 2.05) is 66.7 Å². The van der Waals surface area contributed by atoms with Crippen LogP contribution in [0.25, 0.3) is 11.1 Å². The summed E-state index contributed by atoms with van der Waals surface area (Å²) in [5.41, 5.74) is 13.2. The van der Waals surface area contributed by atoms with Gasteiger partial charge < -0.3 is 16.8 Å². The van der Waals surface area contributed by atoms with Crippen LogP contribution in [0.15, 0.2) is 102 Å². The second-order valence-corrected chi connectivity index (χ2v) is 15.5. The van der Waals surface area contributed by atoms with Gasteiger partial charge in [0.05, 0.1) is 0 Å². The maximum atomic E-state index is 13.7. The van der Waals surface area contributed by atoms with Crippen molar-refractivity contribution in [2.24, 2.45) is 33.3 Å². The Morgan fingerprint density at radius 3 is 2.09 bits per heavy atom. The summed E-state index contributed by atoms with van der Waals surface area (Å²) in [7, 11) is 3.39. The smallest absolute Gasteiger partial charge is 0.266 e. The Kier molecular flexibility index (Phi) is 12.3. The maximum Gasteiger partial charge on any atom is 0.266 e. The highest BCUT2D eigenvalue weighted by molar-refractivity contribution is 6.09. The molecule has 54 heavy (non-hydrogen) atoms. The molecule has 4 atom stereocenters. The van der Waals surface area contributed by atoms with Crippen LogP contribution in [0.5, 0.6) is 0 Å². The van der Waals surface area contributed by atoms with Gasteiger partial charge in [0.15, 0.2) is 17.5 Å². The Bertz CT molecular complexity index is 1860. The number of carbonyl (C=O) groups excluding carboxylic acids is 2. The fourth-order valence-electron chi connectivity index (χ4n) is 8.92. The van der Waals surface area contributed by atoms with Crippen molar-refractivity contribution in [3.8, 4) is 11.1 Å². The van der Waals surface area contributed by atoms with Gasteiger partial charge in [-0.1, -0.05) is 112 Å². The molecule has 0 bridgehead atoms. The van der Waals surface area contributed by atoms with Crippen molar-refractivity contribution in [1.29, 1.82) is 0 Å². The summed E-state index contributed by atoms with van der Waals surface area (Å²) in [5, 5.41) is 3.58. The predicted molar refractivity (Wildman–Crippen MR) is 215 cm³/mol. The zero-order valence-corrected chi connectivity index (χ0v) is 31.9. The molecule has 2 saturated carbocycles. The number of aliphatic imine (C=N–C) groups is 2. The van der Waals surface area contributed by atoms with Gasteiger partial charge in [0.25, 0.3) is 11.8 Å². The van der Waals surface area contributed by atoms with Gasteiger partial charge in [-0.05, 0) is 84.4 Å². The van der Waals surface area contributed by atoms with Gasteiger partial charge in [-0.15, -0.1) is 6.58 Å². The fraction of sp³-hybridized carbons (Fsp3) is 0.455. The first-order chi connectivity index (χ1) is 26.1. The summed E-state index contributed by atoms with van der Waals surface area (Å²) in [4.78, 5) is 38.6. The Hall–Kier alpha value is -4.83. The number of benzene rings is 3. The lowest BCUT2D eigenvalue weighted by molar-refractivity contribution is -0.131. The molecule has 5 N–H and O–H groups in total. The first kappa shape index (κ1) is 38.9. The molecule has 3 aromatic carbocycles. The number of hydrogen-bond acceptors (Lipinski definition) is 7. The van der Waals surface area contributed by atoms with Crippen molar-refractivity contribution < 1.29 is 14.0 Å². The molecule has 10 heteroatoms. The first-order valence-corrected chi connectivity index (χ1v) is 19.6. The molecular weight excluding hydrogens is 678 g/mol. The van der Waals surface area contributed by atoms with Crippen LogP contribution >= 0.6 is 0 Å². The molecule has 0 saturated heterocycles. The lowest BCUT2D eigenvalue weighted by atomic mass is 9.74. The Morgan fingerprint density at radius 1 is 0.796 bits per heavy atom. The molecule has 2 amide bonds. The van der Waals surface area contributed by atoms with E-state index in [4.69, 9.17) is 16.5 Å². The number of nitrogens with one attached hydrogen (secondary N) is 1. The fourth-order valence-corrected chi connectivity index (χ4v) is 8.92. The van der Waals surface area contributed by atoms with Crippen molar-refractivity contribution in [3.05, 3.63) is 108 Å². The third-order valence-electron chi connectivity index (χ3n) is 11.9. The molecular formula is C44H56FN7O2. The molecule has 2 aliphatic carbocycles. The summed E-state index contributed by atoms with van der Waals surface area (Å²) in [6.45, 7) is 4.67. The summed E-state index contributed by atoms with van der Waals surface area (Å²) in [6, 6.07) is 23.7. The SMILES string of the molecule is C=CCN[C@@H]1CCC[C@H](C[C@@]2(CCC3CCCCC3)N=C(N)N(C)C2=O)C1.CN1C(=O)C(c2ccccc2)(c2cccc(-c3cccc(F)c3)c2)N=C1N. The molecule has 0 radical (unpaired) electrons. The van der Waals surface area contributed by atoms with Gasteiger partial charge >= 0.3 is 0 Å². The minimum absolute atomic E-state index is 0.122. The van der Waals surface area contributed by atoms with E-state index in [1.165, 1.54) is 68.4 Å². The Labute approximate surface area is 319 Å². The lowest BCUT2D eigenvalue weighted by Crippen LogP contribution is -2.45.